The number of carbonyl (C=O) groups is 1. The van der Waals surface area contributed by atoms with Gasteiger partial charge in [-0.1, -0.05) is 28.1 Å². The third kappa shape index (κ3) is 6.21. The van der Waals surface area contributed by atoms with Crippen LogP contribution < -0.4 is 5.32 Å². The van der Waals surface area contributed by atoms with Crippen LogP contribution in [0.2, 0.25) is 0 Å². The van der Waals surface area contributed by atoms with Gasteiger partial charge in [0.15, 0.2) is 0 Å². The average molecular weight is 327 g/mol. The second kappa shape index (κ2) is 7.65. The molecule has 0 radical (unpaired) electrons. The van der Waals surface area contributed by atoms with E-state index in [1.807, 2.05) is 12.1 Å². The van der Waals surface area contributed by atoms with Gasteiger partial charge < -0.3 is 10.2 Å². The molecule has 1 aromatic carbocycles. The van der Waals surface area contributed by atoms with Gasteiger partial charge in [0, 0.05) is 37.1 Å². The van der Waals surface area contributed by atoms with E-state index >= 15 is 0 Å². The van der Waals surface area contributed by atoms with Gasteiger partial charge in [-0.25, -0.2) is 0 Å². The van der Waals surface area contributed by atoms with Gasteiger partial charge in [-0.2, -0.15) is 0 Å². The molecule has 0 unspecified atom stereocenters. The molecule has 19 heavy (non-hydrogen) atoms. The Labute approximate surface area is 124 Å². The van der Waals surface area contributed by atoms with E-state index in [4.69, 9.17) is 0 Å². The fourth-order valence-electron chi connectivity index (χ4n) is 2.07. The standard InChI is InChI=1S/C15H23BrN2O/c1-11(8-13-6-5-7-14(16)10-13)17-12(2)9-15(19)18(3)4/h5-7,10-12,17H,8-9H2,1-4H3/t11-,12+/m1/s1. The van der Waals surface area contributed by atoms with Crippen LogP contribution in [0, 0.1) is 0 Å². The Bertz CT molecular complexity index is 420. The Morgan fingerprint density at radius 3 is 2.58 bits per heavy atom. The Hall–Kier alpha value is -0.870. The summed E-state index contributed by atoms with van der Waals surface area (Å²) in [6.45, 7) is 4.20. The van der Waals surface area contributed by atoms with Crippen LogP contribution in [0.25, 0.3) is 0 Å². The van der Waals surface area contributed by atoms with E-state index in [0.717, 1.165) is 10.9 Å². The molecule has 0 aliphatic heterocycles. The van der Waals surface area contributed by atoms with Crippen LogP contribution in [0.15, 0.2) is 28.7 Å². The fraction of sp³-hybridized carbons (Fsp3) is 0.533. The lowest BCUT2D eigenvalue weighted by atomic mass is 10.1. The molecule has 0 bridgehead atoms. The number of amides is 1. The summed E-state index contributed by atoms with van der Waals surface area (Å²) in [6.07, 6.45) is 1.50. The summed E-state index contributed by atoms with van der Waals surface area (Å²) in [5.41, 5.74) is 1.29. The topological polar surface area (TPSA) is 32.3 Å². The summed E-state index contributed by atoms with van der Waals surface area (Å²) in [5, 5.41) is 3.47. The molecule has 0 aliphatic carbocycles. The third-order valence-electron chi connectivity index (χ3n) is 2.98. The maximum absolute atomic E-state index is 11.6. The Morgan fingerprint density at radius 1 is 1.32 bits per heavy atom. The van der Waals surface area contributed by atoms with Gasteiger partial charge in [0.2, 0.25) is 5.91 Å². The molecule has 0 aliphatic rings. The fourth-order valence-corrected chi connectivity index (χ4v) is 2.51. The Morgan fingerprint density at radius 2 is 2.00 bits per heavy atom. The van der Waals surface area contributed by atoms with Crippen molar-refractivity contribution in [2.45, 2.75) is 38.8 Å². The van der Waals surface area contributed by atoms with Gasteiger partial charge in [0.1, 0.15) is 0 Å². The molecule has 0 fully saturated rings. The first-order chi connectivity index (χ1) is 8.88. The molecular weight excluding hydrogens is 304 g/mol. The molecule has 0 saturated heterocycles. The van der Waals surface area contributed by atoms with E-state index < -0.39 is 0 Å². The van der Waals surface area contributed by atoms with Crippen LogP contribution in [0.3, 0.4) is 0 Å². The minimum absolute atomic E-state index is 0.162. The van der Waals surface area contributed by atoms with Crippen molar-refractivity contribution >= 4 is 21.8 Å². The number of rotatable bonds is 6. The highest BCUT2D eigenvalue weighted by Crippen LogP contribution is 2.13. The van der Waals surface area contributed by atoms with Gasteiger partial charge in [-0.15, -0.1) is 0 Å². The summed E-state index contributed by atoms with van der Waals surface area (Å²) in [7, 11) is 3.58. The number of nitrogens with one attached hydrogen (secondary N) is 1. The van der Waals surface area contributed by atoms with Crippen molar-refractivity contribution in [3.63, 3.8) is 0 Å². The number of carbonyl (C=O) groups excluding carboxylic acids is 1. The van der Waals surface area contributed by atoms with Crippen molar-refractivity contribution in [3.05, 3.63) is 34.3 Å². The molecule has 1 amide bonds. The predicted octanol–water partition coefficient (Wildman–Crippen LogP) is 2.84. The quantitative estimate of drug-likeness (QED) is 0.871. The van der Waals surface area contributed by atoms with Gasteiger partial charge in [0.05, 0.1) is 0 Å². The zero-order valence-corrected chi connectivity index (χ0v) is 13.7. The first-order valence-corrected chi connectivity index (χ1v) is 7.38. The molecule has 0 saturated carbocycles. The van der Waals surface area contributed by atoms with Crippen LogP contribution in [0.5, 0.6) is 0 Å². The zero-order valence-electron chi connectivity index (χ0n) is 12.1. The summed E-state index contributed by atoms with van der Waals surface area (Å²) >= 11 is 3.48. The van der Waals surface area contributed by atoms with Crippen LogP contribution in [-0.2, 0) is 11.2 Å². The summed E-state index contributed by atoms with van der Waals surface area (Å²) in [5.74, 6) is 0.162. The summed E-state index contributed by atoms with van der Waals surface area (Å²) in [6, 6.07) is 8.87. The van der Waals surface area contributed by atoms with Crippen molar-refractivity contribution < 1.29 is 4.79 Å². The van der Waals surface area contributed by atoms with Crippen LogP contribution >= 0.6 is 15.9 Å². The minimum atomic E-state index is 0.162. The van der Waals surface area contributed by atoms with Gasteiger partial charge in [0.25, 0.3) is 0 Å². The van der Waals surface area contributed by atoms with Crippen molar-refractivity contribution in [2.75, 3.05) is 14.1 Å². The monoisotopic (exact) mass is 326 g/mol. The van der Waals surface area contributed by atoms with Gasteiger partial charge in [-0.05, 0) is 38.0 Å². The highest BCUT2D eigenvalue weighted by Gasteiger charge is 2.13. The molecule has 106 valence electrons. The van der Waals surface area contributed by atoms with Crippen LogP contribution in [0.1, 0.15) is 25.8 Å². The molecule has 0 spiro atoms. The average Bonchev–Trinajstić information content (AvgIpc) is 2.27. The number of nitrogens with zero attached hydrogens (tertiary/aromatic N) is 1. The second-order valence-electron chi connectivity index (χ2n) is 5.30. The molecule has 3 nitrogen and oxygen atoms in total. The summed E-state index contributed by atoms with van der Waals surface area (Å²) < 4.78 is 1.10. The first kappa shape index (κ1) is 16.2. The molecule has 1 aromatic rings. The lowest BCUT2D eigenvalue weighted by molar-refractivity contribution is -0.129. The highest BCUT2D eigenvalue weighted by atomic mass is 79.9. The van der Waals surface area contributed by atoms with Crippen molar-refractivity contribution in [3.8, 4) is 0 Å². The predicted molar refractivity (Wildman–Crippen MR) is 83.2 cm³/mol. The highest BCUT2D eigenvalue weighted by molar-refractivity contribution is 9.10. The van der Waals surface area contributed by atoms with Gasteiger partial charge in [-0.3, -0.25) is 4.79 Å². The third-order valence-corrected chi connectivity index (χ3v) is 3.47. The van der Waals surface area contributed by atoms with Crippen LogP contribution in [0.4, 0.5) is 0 Å². The SMILES string of the molecule is C[C@H](Cc1cccc(Br)c1)N[C@@H](C)CC(=O)N(C)C. The van der Waals surface area contributed by atoms with E-state index in [0.29, 0.717) is 12.5 Å². The van der Waals surface area contributed by atoms with Crippen molar-refractivity contribution in [2.24, 2.45) is 0 Å². The van der Waals surface area contributed by atoms with Crippen molar-refractivity contribution in [1.29, 1.82) is 0 Å². The van der Waals surface area contributed by atoms with Crippen LogP contribution in [-0.4, -0.2) is 37.0 Å². The smallest absolute Gasteiger partial charge is 0.223 e. The molecule has 1 N–H and O–H groups in total. The maximum atomic E-state index is 11.6. The van der Waals surface area contributed by atoms with Crippen molar-refractivity contribution in [1.82, 2.24) is 10.2 Å². The van der Waals surface area contributed by atoms with E-state index in [-0.39, 0.29) is 11.9 Å². The van der Waals surface area contributed by atoms with E-state index in [1.54, 1.807) is 19.0 Å². The number of halogens is 1. The maximum Gasteiger partial charge on any atom is 0.223 e. The first-order valence-electron chi connectivity index (χ1n) is 6.59. The van der Waals surface area contributed by atoms with E-state index in [1.165, 1.54) is 5.56 Å². The Balaban J connectivity index is 2.42. The minimum Gasteiger partial charge on any atom is -0.349 e. The number of hydrogen-bond donors (Lipinski definition) is 1. The summed E-state index contributed by atoms with van der Waals surface area (Å²) in [4.78, 5) is 13.3. The van der Waals surface area contributed by atoms with E-state index in [2.05, 4.69) is 47.2 Å². The largest absolute Gasteiger partial charge is 0.349 e. The van der Waals surface area contributed by atoms with Gasteiger partial charge >= 0.3 is 0 Å². The lowest BCUT2D eigenvalue weighted by Gasteiger charge is -2.21. The lowest BCUT2D eigenvalue weighted by Crippen LogP contribution is -2.39. The number of hydrogen-bond acceptors (Lipinski definition) is 2. The number of benzene rings is 1. The normalized spacial score (nSPS) is 13.9. The Kier molecular flexibility index (Phi) is 6.52. The zero-order chi connectivity index (χ0) is 14.4. The molecule has 1 rings (SSSR count). The molecule has 4 heteroatoms. The molecule has 0 aromatic heterocycles. The molecule has 0 heterocycles. The second-order valence-corrected chi connectivity index (χ2v) is 6.21. The molecule has 2 atom stereocenters. The van der Waals surface area contributed by atoms with E-state index in [9.17, 15) is 4.79 Å². The molecular formula is C15H23BrN2O.